The summed E-state index contributed by atoms with van der Waals surface area (Å²) in [5.74, 6) is 0. The Morgan fingerprint density at radius 3 is 1.85 bits per heavy atom. The summed E-state index contributed by atoms with van der Waals surface area (Å²) >= 11 is 0. The molecule has 2 aromatic rings. The molecule has 2 rings (SSSR count). The van der Waals surface area contributed by atoms with Crippen molar-refractivity contribution < 1.29 is 4.57 Å². The standard InChI is InChI=1S/C16H19N2OP/c1-14(18-17-2)13-20(19,15-9-5-3-6-10-15)16-11-7-4-8-12-16/h3-12,17H,13H2,1-2H3/b18-14+. The summed E-state index contributed by atoms with van der Waals surface area (Å²) in [6, 6.07) is 19.3. The summed E-state index contributed by atoms with van der Waals surface area (Å²) < 4.78 is 13.6. The molecule has 0 aromatic heterocycles. The topological polar surface area (TPSA) is 41.5 Å². The number of hydrogen-bond acceptors (Lipinski definition) is 3. The van der Waals surface area contributed by atoms with Crippen molar-refractivity contribution in [3.8, 4) is 0 Å². The van der Waals surface area contributed by atoms with Crippen molar-refractivity contribution in [1.82, 2.24) is 5.43 Å². The van der Waals surface area contributed by atoms with Crippen LogP contribution >= 0.6 is 7.14 Å². The van der Waals surface area contributed by atoms with Crippen LogP contribution in [0.5, 0.6) is 0 Å². The summed E-state index contributed by atoms with van der Waals surface area (Å²) in [5, 5.41) is 5.90. The fourth-order valence-electron chi connectivity index (χ4n) is 2.22. The van der Waals surface area contributed by atoms with E-state index in [-0.39, 0.29) is 0 Å². The summed E-state index contributed by atoms with van der Waals surface area (Å²) in [4.78, 5) is 0. The molecule has 3 nitrogen and oxygen atoms in total. The molecule has 0 aliphatic heterocycles. The van der Waals surface area contributed by atoms with Gasteiger partial charge in [-0.1, -0.05) is 60.7 Å². The number of benzene rings is 2. The number of hydrogen-bond donors (Lipinski definition) is 1. The molecular formula is C16H19N2OP. The van der Waals surface area contributed by atoms with Crippen LogP contribution in [0, 0.1) is 0 Å². The molecule has 20 heavy (non-hydrogen) atoms. The largest absolute Gasteiger partial charge is 0.313 e. The number of rotatable bonds is 5. The maximum absolute atomic E-state index is 13.6. The van der Waals surface area contributed by atoms with Crippen molar-refractivity contribution in [2.45, 2.75) is 6.92 Å². The number of nitrogens with zero attached hydrogens (tertiary/aromatic N) is 1. The van der Waals surface area contributed by atoms with Gasteiger partial charge in [-0.25, -0.2) is 0 Å². The Labute approximate surface area is 120 Å². The Hall–Kier alpha value is -1.86. The third kappa shape index (κ3) is 3.17. The van der Waals surface area contributed by atoms with Crippen molar-refractivity contribution in [3.63, 3.8) is 0 Å². The minimum atomic E-state index is -2.68. The van der Waals surface area contributed by atoms with Gasteiger partial charge < -0.3 is 9.99 Å². The molecule has 0 bridgehead atoms. The van der Waals surface area contributed by atoms with Crippen LogP contribution in [0.15, 0.2) is 65.8 Å². The average Bonchev–Trinajstić information content (AvgIpc) is 2.49. The van der Waals surface area contributed by atoms with Gasteiger partial charge in [-0.3, -0.25) is 0 Å². The van der Waals surface area contributed by atoms with Gasteiger partial charge in [0.1, 0.15) is 7.14 Å². The molecule has 1 N–H and O–H groups in total. The van der Waals surface area contributed by atoms with E-state index < -0.39 is 7.14 Å². The first-order valence-electron chi connectivity index (χ1n) is 6.57. The highest BCUT2D eigenvalue weighted by molar-refractivity contribution is 7.79. The maximum atomic E-state index is 13.6. The summed E-state index contributed by atoms with van der Waals surface area (Å²) in [6.07, 6.45) is 0.446. The summed E-state index contributed by atoms with van der Waals surface area (Å²) in [7, 11) is -0.931. The summed E-state index contributed by atoms with van der Waals surface area (Å²) in [5.41, 5.74) is 3.60. The van der Waals surface area contributed by atoms with E-state index >= 15 is 0 Å². The first kappa shape index (κ1) is 14.5. The van der Waals surface area contributed by atoms with Crippen molar-refractivity contribution in [3.05, 3.63) is 60.7 Å². The molecule has 0 spiro atoms. The molecule has 0 atom stereocenters. The van der Waals surface area contributed by atoms with Gasteiger partial charge >= 0.3 is 0 Å². The van der Waals surface area contributed by atoms with Gasteiger partial charge in [-0.2, -0.15) is 5.10 Å². The van der Waals surface area contributed by atoms with Gasteiger partial charge in [0.05, 0.1) is 0 Å². The predicted molar refractivity (Wildman–Crippen MR) is 86.8 cm³/mol. The highest BCUT2D eigenvalue weighted by Crippen LogP contribution is 2.43. The fourth-order valence-corrected chi connectivity index (χ4v) is 4.90. The second-order valence-corrected chi connectivity index (χ2v) is 7.47. The van der Waals surface area contributed by atoms with Crippen molar-refractivity contribution >= 4 is 23.5 Å². The molecule has 0 heterocycles. The van der Waals surface area contributed by atoms with Crippen LogP contribution in [0.25, 0.3) is 0 Å². The predicted octanol–water partition coefficient (Wildman–Crippen LogP) is 2.60. The Morgan fingerprint density at radius 1 is 1.00 bits per heavy atom. The van der Waals surface area contributed by atoms with E-state index in [2.05, 4.69) is 10.5 Å². The Balaban J connectivity index is 2.50. The normalized spacial score (nSPS) is 12.2. The molecule has 0 aliphatic rings. The zero-order valence-corrected chi connectivity index (χ0v) is 12.7. The van der Waals surface area contributed by atoms with Crippen LogP contribution in [0.1, 0.15) is 6.92 Å². The lowest BCUT2D eigenvalue weighted by molar-refractivity contribution is 0.589. The van der Waals surface area contributed by atoms with Crippen molar-refractivity contribution in [1.29, 1.82) is 0 Å². The highest BCUT2D eigenvalue weighted by atomic mass is 31.2. The highest BCUT2D eigenvalue weighted by Gasteiger charge is 2.27. The van der Waals surface area contributed by atoms with Gasteiger partial charge in [0.25, 0.3) is 0 Å². The smallest absolute Gasteiger partial charge is 0.148 e. The van der Waals surface area contributed by atoms with Crippen molar-refractivity contribution in [2.75, 3.05) is 13.2 Å². The van der Waals surface area contributed by atoms with Crippen molar-refractivity contribution in [2.24, 2.45) is 5.10 Å². The van der Waals surface area contributed by atoms with Crippen LogP contribution in [-0.2, 0) is 4.57 Å². The van der Waals surface area contributed by atoms with Gasteiger partial charge in [-0.05, 0) is 6.92 Å². The Kier molecular flexibility index (Phi) is 4.75. The number of nitrogens with one attached hydrogen (secondary N) is 1. The lowest BCUT2D eigenvalue weighted by atomic mass is 10.4. The van der Waals surface area contributed by atoms with Crippen LogP contribution < -0.4 is 16.0 Å². The Morgan fingerprint density at radius 2 is 1.45 bits per heavy atom. The number of hydrazone groups is 1. The SMILES string of the molecule is CN/N=C(\C)CP(=O)(c1ccccc1)c1ccccc1. The quantitative estimate of drug-likeness (QED) is 0.521. The average molecular weight is 286 g/mol. The van der Waals surface area contributed by atoms with E-state index in [9.17, 15) is 4.57 Å². The van der Waals surface area contributed by atoms with E-state index in [0.29, 0.717) is 6.16 Å². The van der Waals surface area contributed by atoms with Gasteiger partial charge in [0, 0.05) is 29.5 Å². The molecule has 104 valence electrons. The minimum Gasteiger partial charge on any atom is -0.313 e. The molecule has 0 aliphatic carbocycles. The molecule has 0 saturated carbocycles. The zero-order chi connectivity index (χ0) is 14.4. The molecule has 0 unspecified atom stereocenters. The molecule has 0 saturated heterocycles. The van der Waals surface area contributed by atoms with Gasteiger partial charge in [-0.15, -0.1) is 0 Å². The van der Waals surface area contributed by atoms with Crippen LogP contribution in [0.3, 0.4) is 0 Å². The van der Waals surface area contributed by atoms with E-state index in [4.69, 9.17) is 0 Å². The second-order valence-electron chi connectivity index (χ2n) is 4.64. The monoisotopic (exact) mass is 286 g/mol. The van der Waals surface area contributed by atoms with Crippen LogP contribution in [-0.4, -0.2) is 18.9 Å². The zero-order valence-electron chi connectivity index (χ0n) is 11.8. The molecular weight excluding hydrogens is 267 g/mol. The third-order valence-corrected chi connectivity index (χ3v) is 6.27. The molecule has 0 amide bonds. The van der Waals surface area contributed by atoms with E-state index in [1.165, 1.54) is 0 Å². The van der Waals surface area contributed by atoms with Crippen LogP contribution in [0.2, 0.25) is 0 Å². The lowest BCUT2D eigenvalue weighted by Gasteiger charge is -2.19. The Bertz CT molecular complexity index is 580. The molecule has 4 heteroatoms. The fraction of sp³-hybridized carbons (Fsp3) is 0.188. The van der Waals surface area contributed by atoms with E-state index in [1.54, 1.807) is 7.05 Å². The van der Waals surface area contributed by atoms with Gasteiger partial charge in [0.15, 0.2) is 0 Å². The van der Waals surface area contributed by atoms with E-state index in [0.717, 1.165) is 16.3 Å². The second kappa shape index (κ2) is 6.53. The lowest BCUT2D eigenvalue weighted by Crippen LogP contribution is -2.22. The molecule has 0 fully saturated rings. The maximum Gasteiger partial charge on any atom is 0.148 e. The first-order valence-corrected chi connectivity index (χ1v) is 8.46. The van der Waals surface area contributed by atoms with E-state index in [1.807, 2.05) is 67.6 Å². The third-order valence-electron chi connectivity index (χ3n) is 3.10. The van der Waals surface area contributed by atoms with Crippen LogP contribution in [0.4, 0.5) is 0 Å². The molecule has 0 radical (unpaired) electrons. The minimum absolute atomic E-state index is 0.446. The molecule has 2 aromatic carbocycles. The summed E-state index contributed by atoms with van der Waals surface area (Å²) in [6.45, 7) is 1.90. The van der Waals surface area contributed by atoms with Gasteiger partial charge in [0.2, 0.25) is 0 Å². The first-order chi connectivity index (χ1) is 9.66.